The highest BCUT2D eigenvalue weighted by Crippen LogP contribution is 2.45. The molecule has 0 heterocycles. The lowest BCUT2D eigenvalue weighted by molar-refractivity contribution is -0.141. The summed E-state index contributed by atoms with van der Waals surface area (Å²) >= 11 is 10.1. The summed E-state index contributed by atoms with van der Waals surface area (Å²) < 4.78 is 16.9. The lowest BCUT2D eigenvalue weighted by atomic mass is 9.77. The number of thiol groups is 1. The summed E-state index contributed by atoms with van der Waals surface area (Å²) in [5, 5.41) is 15.8. The number of amides is 3. The molecule has 1 rings (SSSR count). The maximum absolute atomic E-state index is 12.7. The van der Waals surface area contributed by atoms with E-state index in [1.165, 1.54) is 6.92 Å². The van der Waals surface area contributed by atoms with E-state index in [1.807, 2.05) is 13.8 Å². The van der Waals surface area contributed by atoms with E-state index in [9.17, 15) is 19.2 Å². The molecule has 1 fully saturated rings. The Morgan fingerprint density at radius 3 is 2.41 bits per heavy atom. The summed E-state index contributed by atoms with van der Waals surface area (Å²) in [5.41, 5.74) is -0.338. The molecule has 0 aromatic carbocycles. The van der Waals surface area contributed by atoms with Gasteiger partial charge < -0.3 is 25.8 Å². The summed E-state index contributed by atoms with van der Waals surface area (Å²) in [5.74, 6) is -2.32. The molecule has 4 N–H and O–H groups in total. The van der Waals surface area contributed by atoms with Gasteiger partial charge in [-0.2, -0.15) is 12.6 Å². The van der Waals surface area contributed by atoms with Gasteiger partial charge in [-0.3, -0.25) is 14.4 Å². The van der Waals surface area contributed by atoms with Crippen molar-refractivity contribution in [3.05, 3.63) is 12.2 Å². The normalized spacial score (nSPS) is 23.7. The number of nitrogens with one attached hydrogen (secondary N) is 3. The molecule has 1 aliphatic carbocycles. The van der Waals surface area contributed by atoms with E-state index in [2.05, 4.69) is 22.5 Å². The number of ether oxygens (including phenoxy) is 1. The number of hydrogen-bond donors (Lipinski definition) is 5. The van der Waals surface area contributed by atoms with Crippen LogP contribution in [-0.2, 0) is 40.0 Å². The highest BCUT2D eigenvalue weighted by molar-refractivity contribution is 8.00. The van der Waals surface area contributed by atoms with Crippen LogP contribution in [0.4, 0.5) is 4.79 Å². The summed E-state index contributed by atoms with van der Waals surface area (Å²) in [6.07, 6.45) is 1.52. The van der Waals surface area contributed by atoms with Gasteiger partial charge in [0.25, 0.3) is 0 Å². The second kappa shape index (κ2) is 14.4. The van der Waals surface area contributed by atoms with Crippen LogP contribution in [0.2, 0.25) is 0 Å². The fraction of sp³-hybridized carbons (Fsp3) is 0.739. The van der Waals surface area contributed by atoms with Crippen LogP contribution in [-0.4, -0.2) is 70.7 Å². The van der Waals surface area contributed by atoms with Crippen LogP contribution < -0.4 is 16.0 Å². The zero-order valence-corrected chi connectivity index (χ0v) is 24.8. The molecular formula is C23H39N3O8PS2+. The SMILES string of the molecule is C=C(C)C1CC[C@](C)(O[P+](=S)OC[C@H](NC(=O)OC(C)(C)C)C(=O)NCC(=O)N[C@@H](C)C(=O)O)C(S)C1. The van der Waals surface area contributed by atoms with E-state index in [0.717, 1.165) is 18.4 Å². The molecule has 3 amide bonds. The fourth-order valence-electron chi connectivity index (χ4n) is 3.43. The Bertz CT molecular complexity index is 898. The van der Waals surface area contributed by atoms with Gasteiger partial charge in [-0.15, -0.1) is 9.05 Å². The molecule has 3 unspecified atom stereocenters. The number of allylic oxidation sites excluding steroid dienone is 1. The first kappa shape index (κ1) is 33.2. The third-order valence-electron chi connectivity index (χ3n) is 5.71. The van der Waals surface area contributed by atoms with Crippen LogP contribution in [0.5, 0.6) is 0 Å². The summed E-state index contributed by atoms with van der Waals surface area (Å²) in [6, 6.07) is -2.39. The van der Waals surface area contributed by atoms with E-state index < -0.39 is 60.9 Å². The summed E-state index contributed by atoms with van der Waals surface area (Å²) in [4.78, 5) is 47.9. The molecular weight excluding hydrogens is 541 g/mol. The van der Waals surface area contributed by atoms with E-state index in [0.29, 0.717) is 12.3 Å². The van der Waals surface area contributed by atoms with Gasteiger partial charge >= 0.3 is 19.2 Å². The number of aliphatic carboxylic acids is 1. The van der Waals surface area contributed by atoms with Gasteiger partial charge in [0.05, 0.1) is 6.54 Å². The zero-order chi connectivity index (χ0) is 28.6. The Labute approximate surface area is 229 Å². The predicted molar refractivity (Wildman–Crippen MR) is 146 cm³/mol. The van der Waals surface area contributed by atoms with Crippen molar-refractivity contribution < 1.29 is 38.1 Å². The molecule has 1 saturated carbocycles. The van der Waals surface area contributed by atoms with Gasteiger partial charge in [-0.1, -0.05) is 12.2 Å². The van der Waals surface area contributed by atoms with Crippen molar-refractivity contribution in [2.45, 2.75) is 89.3 Å². The third-order valence-corrected chi connectivity index (χ3v) is 7.93. The van der Waals surface area contributed by atoms with Crippen molar-refractivity contribution in [2.24, 2.45) is 5.92 Å². The molecule has 37 heavy (non-hydrogen) atoms. The number of carboxylic acid groups (broad SMARTS) is 1. The highest BCUT2D eigenvalue weighted by Gasteiger charge is 2.45. The monoisotopic (exact) mass is 580 g/mol. The van der Waals surface area contributed by atoms with Crippen molar-refractivity contribution in [3.8, 4) is 0 Å². The lowest BCUT2D eigenvalue weighted by Crippen LogP contribution is -2.52. The molecule has 6 atom stereocenters. The molecule has 0 saturated heterocycles. The van der Waals surface area contributed by atoms with Gasteiger partial charge in [-0.05, 0) is 66.7 Å². The molecule has 0 radical (unpaired) electrons. The van der Waals surface area contributed by atoms with Crippen LogP contribution in [0.1, 0.15) is 60.8 Å². The number of rotatable bonds is 12. The topological polar surface area (TPSA) is 152 Å². The van der Waals surface area contributed by atoms with Gasteiger partial charge in [0, 0.05) is 5.25 Å². The second-order valence-electron chi connectivity index (χ2n) is 10.3. The quantitative estimate of drug-likeness (QED) is 0.133. The van der Waals surface area contributed by atoms with Gasteiger partial charge in [-0.25, -0.2) is 4.79 Å². The summed E-state index contributed by atoms with van der Waals surface area (Å²) in [7, 11) is -1.86. The van der Waals surface area contributed by atoms with Crippen LogP contribution in [0, 0.1) is 5.92 Å². The Hall–Kier alpha value is -1.79. The van der Waals surface area contributed by atoms with E-state index >= 15 is 0 Å². The first-order valence-corrected chi connectivity index (χ1v) is 14.6. The predicted octanol–water partition coefficient (Wildman–Crippen LogP) is 2.83. The average Bonchev–Trinajstić information content (AvgIpc) is 2.75. The standard InChI is InChI=1S/C23H38N3O8PS2/c1-13(2)15-8-9-23(7,17(36)10-15)34-35(37)32-12-16(26-21(31)33-22(4,5)6)19(28)24-11-18(27)25-14(3)20(29)30/h14-17H,1,8-12H2,2-7H3,(H4-,24,25,26,27,28,29,30,31,36)/p+1/t14-,15?,16-,17?,23-/m0/s1. The lowest BCUT2D eigenvalue weighted by Gasteiger charge is -2.38. The minimum absolute atomic E-state index is 0.0924. The van der Waals surface area contributed by atoms with Crippen LogP contribution in [0.3, 0.4) is 0 Å². The smallest absolute Gasteiger partial charge is 0.480 e. The Kier molecular flexibility index (Phi) is 12.9. The van der Waals surface area contributed by atoms with Crippen LogP contribution in [0.15, 0.2) is 12.2 Å². The Morgan fingerprint density at radius 1 is 1.27 bits per heavy atom. The van der Waals surface area contributed by atoms with Gasteiger partial charge in [0.2, 0.25) is 23.6 Å². The number of carbonyl (C=O) groups is 4. The average molecular weight is 581 g/mol. The van der Waals surface area contributed by atoms with Crippen molar-refractivity contribution >= 4 is 55.5 Å². The molecule has 14 heteroatoms. The number of hydrogen-bond acceptors (Lipinski definition) is 9. The molecule has 0 aromatic rings. The minimum Gasteiger partial charge on any atom is -0.480 e. The van der Waals surface area contributed by atoms with E-state index in [-0.39, 0.29) is 11.9 Å². The zero-order valence-electron chi connectivity index (χ0n) is 22.2. The van der Waals surface area contributed by atoms with Crippen LogP contribution >= 0.6 is 19.8 Å². The van der Waals surface area contributed by atoms with Crippen molar-refractivity contribution in [2.75, 3.05) is 13.2 Å². The highest BCUT2D eigenvalue weighted by atomic mass is 32.4. The fourth-order valence-corrected chi connectivity index (χ4v) is 5.52. The number of carbonyl (C=O) groups excluding carboxylic acids is 3. The molecule has 0 spiro atoms. The number of alkyl carbamates (subject to hydrolysis) is 1. The third kappa shape index (κ3) is 12.1. The Morgan fingerprint density at radius 2 is 1.89 bits per heavy atom. The van der Waals surface area contributed by atoms with Gasteiger partial charge in [0.15, 0.2) is 0 Å². The van der Waals surface area contributed by atoms with Crippen molar-refractivity contribution in [1.82, 2.24) is 16.0 Å². The molecule has 0 aliphatic heterocycles. The van der Waals surface area contributed by atoms with E-state index in [1.54, 1.807) is 20.8 Å². The second-order valence-corrected chi connectivity index (χ2v) is 12.7. The summed E-state index contributed by atoms with van der Waals surface area (Å²) in [6.45, 7) is 13.4. The van der Waals surface area contributed by atoms with Gasteiger partial charge in [0.1, 0.15) is 29.9 Å². The molecule has 1 aliphatic rings. The largest absolute Gasteiger partial charge is 0.522 e. The van der Waals surface area contributed by atoms with Crippen molar-refractivity contribution in [3.63, 3.8) is 0 Å². The molecule has 0 bridgehead atoms. The first-order chi connectivity index (χ1) is 16.9. The number of carboxylic acids is 1. The molecule has 210 valence electrons. The molecule has 11 nitrogen and oxygen atoms in total. The maximum Gasteiger partial charge on any atom is 0.522 e. The maximum atomic E-state index is 12.7. The minimum atomic E-state index is -1.86. The van der Waals surface area contributed by atoms with Crippen LogP contribution in [0.25, 0.3) is 0 Å². The Balaban J connectivity index is 2.78. The van der Waals surface area contributed by atoms with E-state index in [4.69, 9.17) is 43.3 Å². The van der Waals surface area contributed by atoms with Crippen molar-refractivity contribution in [1.29, 1.82) is 0 Å². The first-order valence-electron chi connectivity index (χ1n) is 11.9. The molecule has 0 aromatic heterocycles.